The van der Waals surface area contributed by atoms with Gasteiger partial charge in [0.05, 0.1) is 12.7 Å². The lowest BCUT2D eigenvalue weighted by Crippen LogP contribution is -2.31. The molecule has 4 heteroatoms. The minimum Gasteiger partial charge on any atom is -0.496 e. The monoisotopic (exact) mass is 262 g/mol. The molecule has 1 aromatic carbocycles. The van der Waals surface area contributed by atoms with Gasteiger partial charge >= 0.3 is 0 Å². The van der Waals surface area contributed by atoms with Crippen LogP contribution in [0.2, 0.25) is 0 Å². The third-order valence-electron chi connectivity index (χ3n) is 3.81. The highest BCUT2D eigenvalue weighted by Gasteiger charge is 2.22. The van der Waals surface area contributed by atoms with Crippen molar-refractivity contribution in [2.24, 2.45) is 5.92 Å². The second kappa shape index (κ2) is 5.95. The predicted octanol–water partition coefficient (Wildman–Crippen LogP) is 2.54. The van der Waals surface area contributed by atoms with Crippen molar-refractivity contribution in [1.82, 2.24) is 4.90 Å². The highest BCUT2D eigenvalue weighted by molar-refractivity contribution is 5.97. The van der Waals surface area contributed by atoms with Crippen LogP contribution in [0.1, 0.15) is 36.0 Å². The molecule has 0 heterocycles. The number of benzene rings is 1. The van der Waals surface area contributed by atoms with Crippen molar-refractivity contribution < 1.29 is 9.53 Å². The Labute approximate surface area is 114 Å². The van der Waals surface area contributed by atoms with E-state index in [4.69, 9.17) is 10.5 Å². The number of rotatable bonds is 4. The number of carbonyl (C=O) groups excluding carboxylic acids is 1. The van der Waals surface area contributed by atoms with Crippen LogP contribution in [0.5, 0.6) is 5.75 Å². The normalized spacial score (nSPS) is 15.5. The summed E-state index contributed by atoms with van der Waals surface area (Å²) < 4.78 is 5.24. The molecule has 104 valence electrons. The summed E-state index contributed by atoms with van der Waals surface area (Å²) in [4.78, 5) is 14.2. The maximum Gasteiger partial charge on any atom is 0.257 e. The average molecular weight is 262 g/mol. The van der Waals surface area contributed by atoms with Crippen LogP contribution in [0.15, 0.2) is 18.2 Å². The van der Waals surface area contributed by atoms with Crippen molar-refractivity contribution in [3.63, 3.8) is 0 Å². The summed E-state index contributed by atoms with van der Waals surface area (Å²) in [7, 11) is 3.42. The lowest BCUT2D eigenvalue weighted by atomic mass is 10.1. The number of nitrogen functional groups attached to an aromatic ring is 1. The quantitative estimate of drug-likeness (QED) is 0.848. The number of nitrogens with two attached hydrogens (primary N) is 1. The fourth-order valence-corrected chi connectivity index (χ4v) is 2.75. The van der Waals surface area contributed by atoms with Crippen LogP contribution >= 0.6 is 0 Å². The van der Waals surface area contributed by atoms with Gasteiger partial charge in [-0.05, 0) is 30.9 Å². The first kappa shape index (κ1) is 13.7. The second-order valence-electron chi connectivity index (χ2n) is 5.30. The summed E-state index contributed by atoms with van der Waals surface area (Å²) in [6.45, 7) is 0.826. The Balaban J connectivity index is 2.09. The molecule has 0 unspecified atom stereocenters. The zero-order valence-electron chi connectivity index (χ0n) is 11.7. The van der Waals surface area contributed by atoms with Crippen LogP contribution in [0, 0.1) is 5.92 Å². The zero-order valence-corrected chi connectivity index (χ0v) is 11.7. The van der Waals surface area contributed by atoms with Gasteiger partial charge in [-0.1, -0.05) is 12.8 Å². The van der Waals surface area contributed by atoms with E-state index in [1.54, 1.807) is 30.2 Å². The van der Waals surface area contributed by atoms with E-state index in [9.17, 15) is 4.79 Å². The number of amides is 1. The minimum atomic E-state index is 0.00347. The number of ether oxygens (including phenoxy) is 1. The lowest BCUT2D eigenvalue weighted by molar-refractivity contribution is 0.0770. The molecule has 0 bridgehead atoms. The van der Waals surface area contributed by atoms with Crippen LogP contribution in [-0.2, 0) is 0 Å². The molecule has 1 fully saturated rings. The first-order valence-electron chi connectivity index (χ1n) is 6.80. The Morgan fingerprint density at radius 3 is 2.74 bits per heavy atom. The van der Waals surface area contributed by atoms with E-state index >= 15 is 0 Å². The largest absolute Gasteiger partial charge is 0.496 e. The fraction of sp³-hybridized carbons (Fsp3) is 0.533. The van der Waals surface area contributed by atoms with Gasteiger partial charge in [-0.25, -0.2) is 0 Å². The molecule has 1 saturated carbocycles. The molecule has 19 heavy (non-hydrogen) atoms. The van der Waals surface area contributed by atoms with E-state index in [1.165, 1.54) is 25.7 Å². The molecule has 0 aromatic heterocycles. The number of hydrogen-bond donors (Lipinski definition) is 1. The third kappa shape index (κ3) is 3.19. The molecule has 0 atom stereocenters. The first-order valence-corrected chi connectivity index (χ1v) is 6.80. The molecule has 0 radical (unpaired) electrons. The minimum absolute atomic E-state index is 0.00347. The Hall–Kier alpha value is -1.71. The molecule has 1 aliphatic carbocycles. The number of anilines is 1. The van der Waals surface area contributed by atoms with Crippen molar-refractivity contribution in [2.45, 2.75) is 25.7 Å². The fourth-order valence-electron chi connectivity index (χ4n) is 2.75. The summed E-state index contributed by atoms with van der Waals surface area (Å²) in [6.07, 6.45) is 5.04. The lowest BCUT2D eigenvalue weighted by Gasteiger charge is -2.22. The van der Waals surface area contributed by atoms with E-state index in [1.807, 2.05) is 7.05 Å². The van der Waals surface area contributed by atoms with Gasteiger partial charge in [0.15, 0.2) is 0 Å². The topological polar surface area (TPSA) is 55.6 Å². The van der Waals surface area contributed by atoms with Crippen molar-refractivity contribution in [3.8, 4) is 5.75 Å². The molecule has 0 saturated heterocycles. The Morgan fingerprint density at radius 2 is 2.11 bits per heavy atom. The smallest absolute Gasteiger partial charge is 0.257 e. The van der Waals surface area contributed by atoms with E-state index < -0.39 is 0 Å². The molecule has 2 N–H and O–H groups in total. The van der Waals surface area contributed by atoms with Gasteiger partial charge in [0, 0.05) is 25.3 Å². The molecule has 4 nitrogen and oxygen atoms in total. The summed E-state index contributed by atoms with van der Waals surface area (Å²) in [6, 6.07) is 5.16. The summed E-state index contributed by atoms with van der Waals surface area (Å²) in [5.41, 5.74) is 6.89. The van der Waals surface area contributed by atoms with Crippen molar-refractivity contribution >= 4 is 11.6 Å². The molecule has 0 spiro atoms. The van der Waals surface area contributed by atoms with Gasteiger partial charge in [-0.3, -0.25) is 4.79 Å². The molecular formula is C15H22N2O2. The van der Waals surface area contributed by atoms with Crippen LogP contribution in [0.3, 0.4) is 0 Å². The van der Waals surface area contributed by atoms with Gasteiger partial charge in [0.1, 0.15) is 5.75 Å². The standard InChI is InChI=1S/C15H22N2O2/c1-17(10-11-5-3-4-6-11)15(18)13-8-7-12(16)9-14(13)19-2/h7-9,11H,3-6,10,16H2,1-2H3. The first-order chi connectivity index (χ1) is 9.11. The van der Waals surface area contributed by atoms with Crippen molar-refractivity contribution in [3.05, 3.63) is 23.8 Å². The molecule has 1 aliphatic rings. The summed E-state index contributed by atoms with van der Waals surface area (Å²) >= 11 is 0. The number of carbonyl (C=O) groups is 1. The van der Waals surface area contributed by atoms with E-state index in [-0.39, 0.29) is 5.91 Å². The van der Waals surface area contributed by atoms with E-state index in [0.717, 1.165) is 6.54 Å². The predicted molar refractivity (Wildman–Crippen MR) is 76.3 cm³/mol. The molecular weight excluding hydrogens is 240 g/mol. The van der Waals surface area contributed by atoms with Gasteiger partial charge < -0.3 is 15.4 Å². The van der Waals surface area contributed by atoms with Crippen molar-refractivity contribution in [1.29, 1.82) is 0 Å². The molecule has 1 amide bonds. The zero-order chi connectivity index (χ0) is 13.8. The molecule has 0 aliphatic heterocycles. The maximum absolute atomic E-state index is 12.4. The second-order valence-corrected chi connectivity index (χ2v) is 5.30. The third-order valence-corrected chi connectivity index (χ3v) is 3.81. The Kier molecular flexibility index (Phi) is 4.30. The Morgan fingerprint density at radius 1 is 1.42 bits per heavy atom. The van der Waals surface area contributed by atoms with Crippen LogP contribution in [0.4, 0.5) is 5.69 Å². The van der Waals surface area contributed by atoms with Crippen LogP contribution < -0.4 is 10.5 Å². The van der Waals surface area contributed by atoms with Gasteiger partial charge in [0.2, 0.25) is 0 Å². The summed E-state index contributed by atoms with van der Waals surface area (Å²) in [5.74, 6) is 1.20. The van der Waals surface area contributed by atoms with Gasteiger partial charge in [0.25, 0.3) is 5.91 Å². The number of hydrogen-bond acceptors (Lipinski definition) is 3. The summed E-state index contributed by atoms with van der Waals surface area (Å²) in [5, 5.41) is 0. The van der Waals surface area contributed by atoms with Crippen LogP contribution in [0.25, 0.3) is 0 Å². The SMILES string of the molecule is COc1cc(N)ccc1C(=O)N(C)CC1CCCC1. The highest BCUT2D eigenvalue weighted by atomic mass is 16.5. The number of nitrogens with zero attached hydrogens (tertiary/aromatic N) is 1. The van der Waals surface area contributed by atoms with Gasteiger partial charge in [-0.15, -0.1) is 0 Å². The molecule has 1 aromatic rings. The maximum atomic E-state index is 12.4. The van der Waals surface area contributed by atoms with Crippen LogP contribution in [-0.4, -0.2) is 31.5 Å². The van der Waals surface area contributed by atoms with Gasteiger partial charge in [-0.2, -0.15) is 0 Å². The van der Waals surface area contributed by atoms with E-state index in [2.05, 4.69) is 0 Å². The molecule has 2 rings (SSSR count). The Bertz CT molecular complexity index is 453. The number of methoxy groups -OCH3 is 1. The van der Waals surface area contributed by atoms with Crippen molar-refractivity contribution in [2.75, 3.05) is 26.4 Å². The van der Waals surface area contributed by atoms with E-state index in [0.29, 0.717) is 22.9 Å². The average Bonchev–Trinajstić information content (AvgIpc) is 2.90. The highest BCUT2D eigenvalue weighted by Crippen LogP contribution is 2.27.